The normalized spacial score (nSPS) is 10.9. The molecule has 0 heterocycles. The Morgan fingerprint density at radius 2 is 1.94 bits per heavy atom. The van der Waals surface area contributed by atoms with Gasteiger partial charge in [-0.3, -0.25) is 0 Å². The third-order valence-electron chi connectivity index (χ3n) is 2.15. The van der Waals surface area contributed by atoms with Gasteiger partial charge in [0.2, 0.25) is 0 Å². The fourth-order valence-corrected chi connectivity index (χ4v) is 2.42. The van der Waals surface area contributed by atoms with E-state index in [1.165, 1.54) is 24.3 Å². The minimum absolute atomic E-state index is 0.00550. The molecule has 0 aliphatic rings. The second-order valence-corrected chi connectivity index (χ2v) is 5.64. The Labute approximate surface area is 106 Å². The van der Waals surface area contributed by atoms with E-state index in [1.54, 1.807) is 6.92 Å². The predicted molar refractivity (Wildman–Crippen MR) is 67.9 cm³/mol. The minimum Gasteiger partial charge on any atom is -0.450 e. The first-order valence-corrected chi connectivity index (χ1v) is 7.10. The first-order chi connectivity index (χ1) is 8.45. The van der Waals surface area contributed by atoms with E-state index in [4.69, 9.17) is 5.73 Å². The Bertz CT molecular complexity index is 496. The summed E-state index contributed by atoms with van der Waals surface area (Å²) in [6.45, 7) is 1.92. The maximum Gasteiger partial charge on any atom is 0.407 e. The molecule has 100 valence electrons. The largest absolute Gasteiger partial charge is 0.450 e. The summed E-state index contributed by atoms with van der Waals surface area (Å²) in [5.74, 6) is -0.185. The number of rotatable bonds is 5. The van der Waals surface area contributed by atoms with E-state index < -0.39 is 15.9 Å². The van der Waals surface area contributed by atoms with Gasteiger partial charge in [-0.05, 0) is 31.2 Å². The third-order valence-corrected chi connectivity index (χ3v) is 3.89. The van der Waals surface area contributed by atoms with E-state index in [0.717, 1.165) is 0 Å². The molecule has 0 saturated carbocycles. The number of nitrogens with two attached hydrogens (primary N) is 1. The summed E-state index contributed by atoms with van der Waals surface area (Å²) >= 11 is 0. The quantitative estimate of drug-likeness (QED) is 0.772. The van der Waals surface area contributed by atoms with Crippen LogP contribution in [0.1, 0.15) is 6.92 Å². The monoisotopic (exact) mass is 272 g/mol. The van der Waals surface area contributed by atoms with Gasteiger partial charge in [0.15, 0.2) is 9.84 Å². The molecule has 0 fully saturated rings. The van der Waals surface area contributed by atoms with Crippen molar-refractivity contribution < 1.29 is 17.9 Å². The topological polar surface area (TPSA) is 98.5 Å². The third kappa shape index (κ3) is 4.25. The van der Waals surface area contributed by atoms with E-state index in [9.17, 15) is 13.2 Å². The number of nitrogens with one attached hydrogen (secondary N) is 1. The highest BCUT2D eigenvalue weighted by molar-refractivity contribution is 7.91. The van der Waals surface area contributed by atoms with Gasteiger partial charge in [0, 0.05) is 12.2 Å². The van der Waals surface area contributed by atoms with Crippen LogP contribution in [0.4, 0.5) is 10.5 Å². The van der Waals surface area contributed by atoms with Gasteiger partial charge < -0.3 is 15.8 Å². The van der Waals surface area contributed by atoms with Gasteiger partial charge in [-0.25, -0.2) is 13.2 Å². The molecule has 18 heavy (non-hydrogen) atoms. The van der Waals surface area contributed by atoms with Gasteiger partial charge >= 0.3 is 6.09 Å². The Kier molecular flexibility index (Phi) is 4.96. The highest BCUT2D eigenvalue weighted by Gasteiger charge is 2.14. The summed E-state index contributed by atoms with van der Waals surface area (Å²) in [7, 11) is -3.41. The molecule has 0 radical (unpaired) electrons. The van der Waals surface area contributed by atoms with Gasteiger partial charge in [-0.1, -0.05) is 0 Å². The number of hydrogen-bond acceptors (Lipinski definition) is 5. The SMILES string of the molecule is CCOC(=O)NCCS(=O)(=O)c1ccc(N)cc1. The lowest BCUT2D eigenvalue weighted by atomic mass is 10.3. The Balaban J connectivity index is 2.55. The van der Waals surface area contributed by atoms with Gasteiger partial charge in [0.25, 0.3) is 0 Å². The second kappa shape index (κ2) is 6.25. The van der Waals surface area contributed by atoms with Crippen LogP contribution >= 0.6 is 0 Å². The van der Waals surface area contributed by atoms with Crippen molar-refractivity contribution in [3.63, 3.8) is 0 Å². The number of carbonyl (C=O) groups is 1. The van der Waals surface area contributed by atoms with Crippen LogP contribution in [0.5, 0.6) is 0 Å². The highest BCUT2D eigenvalue weighted by atomic mass is 32.2. The lowest BCUT2D eigenvalue weighted by molar-refractivity contribution is 0.153. The number of hydrogen-bond donors (Lipinski definition) is 2. The molecule has 7 heteroatoms. The fraction of sp³-hybridized carbons (Fsp3) is 0.364. The van der Waals surface area contributed by atoms with Gasteiger partial charge in [-0.2, -0.15) is 0 Å². The molecule has 0 unspecified atom stereocenters. The Morgan fingerprint density at radius 3 is 2.50 bits per heavy atom. The summed E-state index contributed by atoms with van der Waals surface area (Å²) in [6, 6.07) is 5.92. The van der Waals surface area contributed by atoms with Crippen LogP contribution in [0.25, 0.3) is 0 Å². The predicted octanol–water partition coefficient (Wildman–Crippen LogP) is 0.789. The number of sulfone groups is 1. The van der Waals surface area contributed by atoms with Crippen LogP contribution in [-0.2, 0) is 14.6 Å². The van der Waals surface area contributed by atoms with Crippen LogP contribution in [0, 0.1) is 0 Å². The van der Waals surface area contributed by atoms with Crippen LogP contribution in [-0.4, -0.2) is 33.4 Å². The zero-order valence-electron chi connectivity index (χ0n) is 10.0. The summed E-state index contributed by atoms with van der Waals surface area (Å²) in [6.07, 6.45) is -0.620. The molecule has 0 bridgehead atoms. The minimum atomic E-state index is -3.41. The number of benzene rings is 1. The molecule has 1 aromatic rings. The van der Waals surface area contributed by atoms with Crippen molar-refractivity contribution in [2.24, 2.45) is 0 Å². The second-order valence-electron chi connectivity index (χ2n) is 3.54. The lowest BCUT2D eigenvalue weighted by Gasteiger charge is -2.06. The van der Waals surface area contributed by atoms with Crippen LogP contribution in [0.2, 0.25) is 0 Å². The highest BCUT2D eigenvalue weighted by Crippen LogP contribution is 2.12. The van der Waals surface area contributed by atoms with Crippen molar-refractivity contribution in [3.05, 3.63) is 24.3 Å². The average Bonchev–Trinajstić information content (AvgIpc) is 2.29. The maximum atomic E-state index is 11.8. The van der Waals surface area contributed by atoms with E-state index in [0.29, 0.717) is 5.69 Å². The van der Waals surface area contributed by atoms with Crippen LogP contribution < -0.4 is 11.1 Å². The zero-order valence-corrected chi connectivity index (χ0v) is 10.9. The van der Waals surface area contributed by atoms with Crippen LogP contribution in [0.15, 0.2) is 29.2 Å². The van der Waals surface area contributed by atoms with Gasteiger partial charge in [0.1, 0.15) is 0 Å². The lowest BCUT2D eigenvalue weighted by Crippen LogP contribution is -2.29. The molecule has 1 amide bonds. The molecular formula is C11H16N2O4S. The molecule has 3 N–H and O–H groups in total. The fourth-order valence-electron chi connectivity index (χ4n) is 1.26. The molecule has 0 aromatic heterocycles. The smallest absolute Gasteiger partial charge is 0.407 e. The summed E-state index contributed by atoms with van der Waals surface area (Å²) in [5.41, 5.74) is 5.97. The number of ether oxygens (including phenoxy) is 1. The number of carbonyl (C=O) groups excluding carboxylic acids is 1. The number of alkyl carbamates (subject to hydrolysis) is 1. The number of nitrogen functional groups attached to an aromatic ring is 1. The van der Waals surface area contributed by atoms with E-state index in [2.05, 4.69) is 10.1 Å². The molecule has 1 aromatic carbocycles. The van der Waals surface area contributed by atoms with Crippen LogP contribution in [0.3, 0.4) is 0 Å². The van der Waals surface area contributed by atoms with E-state index in [1.807, 2.05) is 0 Å². The maximum absolute atomic E-state index is 11.8. The molecule has 0 aliphatic carbocycles. The number of anilines is 1. The van der Waals surface area contributed by atoms with Gasteiger partial charge in [0.05, 0.1) is 17.3 Å². The van der Waals surface area contributed by atoms with Crippen molar-refractivity contribution in [2.75, 3.05) is 24.6 Å². The van der Waals surface area contributed by atoms with E-state index >= 15 is 0 Å². The molecule has 1 rings (SSSR count). The van der Waals surface area contributed by atoms with Crippen molar-refractivity contribution in [3.8, 4) is 0 Å². The summed E-state index contributed by atoms with van der Waals surface area (Å²) in [4.78, 5) is 11.1. The molecule has 0 saturated heterocycles. The van der Waals surface area contributed by atoms with Crippen molar-refractivity contribution >= 4 is 21.6 Å². The Morgan fingerprint density at radius 1 is 1.33 bits per heavy atom. The zero-order chi connectivity index (χ0) is 13.6. The van der Waals surface area contributed by atoms with Crippen molar-refractivity contribution in [1.82, 2.24) is 5.32 Å². The molecule has 6 nitrogen and oxygen atoms in total. The summed E-state index contributed by atoms with van der Waals surface area (Å²) in [5, 5.41) is 2.36. The number of amides is 1. The average molecular weight is 272 g/mol. The van der Waals surface area contributed by atoms with E-state index in [-0.39, 0.29) is 23.8 Å². The molecule has 0 spiro atoms. The summed E-state index contributed by atoms with van der Waals surface area (Å²) < 4.78 is 28.3. The van der Waals surface area contributed by atoms with Crippen molar-refractivity contribution in [2.45, 2.75) is 11.8 Å². The standard InChI is InChI=1S/C11H16N2O4S/c1-2-17-11(14)13-7-8-18(15,16)10-5-3-9(12)4-6-10/h3-6H,2,7-8,12H2,1H3,(H,13,14). The van der Waals surface area contributed by atoms with Crippen molar-refractivity contribution in [1.29, 1.82) is 0 Å². The Hall–Kier alpha value is -1.76. The van der Waals surface area contributed by atoms with Gasteiger partial charge in [-0.15, -0.1) is 0 Å². The first-order valence-electron chi connectivity index (χ1n) is 5.44. The molecular weight excluding hydrogens is 256 g/mol. The first kappa shape index (κ1) is 14.3. The molecule has 0 atom stereocenters. The molecule has 0 aliphatic heterocycles.